The molecule has 1 aliphatic carbocycles. The number of aromatic nitrogens is 3. The van der Waals surface area contributed by atoms with E-state index in [1.165, 1.54) is 17.8 Å². The molecule has 0 bridgehead atoms. The second-order valence-corrected chi connectivity index (χ2v) is 16.7. The molecule has 2 aromatic heterocycles. The second kappa shape index (κ2) is 22.6. The molecule has 1 saturated carbocycles. The highest BCUT2D eigenvalue weighted by Crippen LogP contribution is 2.37. The number of benzene rings is 3. The van der Waals surface area contributed by atoms with Crippen LogP contribution in [0.15, 0.2) is 84.2 Å². The highest BCUT2D eigenvalue weighted by Gasteiger charge is 2.39. The number of rotatable bonds is 21. The maximum atomic E-state index is 14.0. The number of anilines is 1. The minimum atomic E-state index is -0.554. The zero-order valence-electron chi connectivity index (χ0n) is 35.7. The van der Waals surface area contributed by atoms with Crippen molar-refractivity contribution in [3.8, 4) is 33.9 Å². The molecule has 331 valence electrons. The van der Waals surface area contributed by atoms with Crippen LogP contribution in [0.1, 0.15) is 84.5 Å². The summed E-state index contributed by atoms with van der Waals surface area (Å²) in [6.45, 7) is 5.70. The van der Waals surface area contributed by atoms with Gasteiger partial charge in [-0.15, -0.1) is 21.5 Å². The van der Waals surface area contributed by atoms with Crippen molar-refractivity contribution in [3.63, 3.8) is 0 Å². The monoisotopic (exact) mass is 874 g/mol. The number of hydrogen-bond donors (Lipinski definition) is 4. The molecule has 7 rings (SSSR count). The minimum absolute atomic E-state index is 0.0530. The van der Waals surface area contributed by atoms with Crippen LogP contribution in [0.4, 0.5) is 5.82 Å². The van der Waals surface area contributed by atoms with Crippen LogP contribution in [0, 0.1) is 12.3 Å². The average Bonchev–Trinajstić information content (AvgIpc) is 4.02. The number of ether oxygens (including phenoxy) is 3. The van der Waals surface area contributed by atoms with E-state index in [1.807, 2.05) is 41.3 Å². The fraction of sp³-hybridized carbons (Fsp3) is 0.396. The van der Waals surface area contributed by atoms with Crippen LogP contribution in [0.25, 0.3) is 22.4 Å². The Bertz CT molecular complexity index is 2300. The number of aromatic hydroxyl groups is 1. The molecular formula is C48H56N7O7S. The van der Waals surface area contributed by atoms with Gasteiger partial charge in [-0.3, -0.25) is 14.4 Å². The molecule has 63 heavy (non-hydrogen) atoms. The standard InChI is InChI=1S/C48H56N7O7S/c1-2-43(57)52-44(34-10-4-3-5-11-34)48(59)55-22-9-15-41(55)47-51-40(31-63-47)45(58)35-12-8-13-36(28-35)62-27-26-61-25-24-60-23-21-50-30-32-17-19-33(20-18-32)38-29-39(53-54-46(38)49)37-14-6-7-16-42(37)56/h2,6-8,12-14,16-20,28-29,31,34,41,44,50,56H,3-5,9-11,15,21-27,30H2,1H3,(H2,49,54)(H,52,57)/t41-,44-/m0/s1. The lowest BCUT2D eigenvalue weighted by Crippen LogP contribution is -2.52. The van der Waals surface area contributed by atoms with E-state index < -0.39 is 6.04 Å². The van der Waals surface area contributed by atoms with E-state index in [4.69, 9.17) is 24.9 Å². The van der Waals surface area contributed by atoms with Gasteiger partial charge in [-0.05, 0) is 73.1 Å². The molecule has 14 nitrogen and oxygen atoms in total. The van der Waals surface area contributed by atoms with Crippen LogP contribution in [0.3, 0.4) is 0 Å². The van der Waals surface area contributed by atoms with Gasteiger partial charge in [-0.2, -0.15) is 0 Å². The van der Waals surface area contributed by atoms with Gasteiger partial charge in [0.25, 0.3) is 0 Å². The first-order valence-corrected chi connectivity index (χ1v) is 22.7. The Kier molecular flexibility index (Phi) is 16.2. The molecule has 5 aromatic rings. The van der Waals surface area contributed by atoms with Gasteiger partial charge in [0.2, 0.25) is 17.6 Å². The molecule has 2 atom stereocenters. The van der Waals surface area contributed by atoms with E-state index in [1.54, 1.807) is 54.8 Å². The minimum Gasteiger partial charge on any atom is -0.507 e. The number of carbonyl (C=O) groups is 3. The van der Waals surface area contributed by atoms with Crippen molar-refractivity contribution in [1.29, 1.82) is 0 Å². The predicted octanol–water partition coefficient (Wildman–Crippen LogP) is 6.94. The van der Waals surface area contributed by atoms with Crippen molar-refractivity contribution in [3.05, 3.63) is 112 Å². The maximum Gasteiger partial charge on any atom is 0.246 e. The third-order valence-electron chi connectivity index (χ3n) is 11.5. The van der Waals surface area contributed by atoms with Crippen LogP contribution in [-0.4, -0.2) is 95.0 Å². The van der Waals surface area contributed by atoms with Crippen molar-refractivity contribution < 1.29 is 33.7 Å². The van der Waals surface area contributed by atoms with Gasteiger partial charge in [0.15, 0.2) is 5.82 Å². The number of hydrogen-bond acceptors (Lipinski definition) is 13. The topological polar surface area (TPSA) is 191 Å². The summed E-state index contributed by atoms with van der Waals surface area (Å²) < 4.78 is 17.3. The van der Waals surface area contributed by atoms with E-state index in [9.17, 15) is 19.5 Å². The summed E-state index contributed by atoms with van der Waals surface area (Å²) in [5, 5.41) is 27.4. The van der Waals surface area contributed by atoms with E-state index in [2.05, 4.69) is 20.8 Å². The smallest absolute Gasteiger partial charge is 0.246 e. The van der Waals surface area contributed by atoms with Gasteiger partial charge in [0.05, 0.1) is 38.2 Å². The highest BCUT2D eigenvalue weighted by molar-refractivity contribution is 7.10. The Balaban J connectivity index is 0.788. The number of nitrogens with two attached hydrogens (primary N) is 1. The van der Waals surface area contributed by atoms with Gasteiger partial charge in [0, 0.05) is 48.1 Å². The zero-order chi connectivity index (χ0) is 44.0. The van der Waals surface area contributed by atoms with Gasteiger partial charge >= 0.3 is 0 Å². The summed E-state index contributed by atoms with van der Waals surface area (Å²) in [7, 11) is 0. The van der Waals surface area contributed by atoms with Crippen LogP contribution < -0.4 is 21.1 Å². The number of phenols is 1. The van der Waals surface area contributed by atoms with Crippen molar-refractivity contribution in [2.24, 2.45) is 5.92 Å². The van der Waals surface area contributed by atoms with Crippen molar-refractivity contribution in [1.82, 2.24) is 30.7 Å². The number of carbonyl (C=O) groups excluding carboxylic acids is 3. The molecule has 3 heterocycles. The quantitative estimate of drug-likeness (QED) is 0.0440. The molecule has 2 aliphatic rings. The van der Waals surface area contributed by atoms with E-state index in [0.717, 1.165) is 66.6 Å². The van der Waals surface area contributed by atoms with Gasteiger partial charge < -0.3 is 40.6 Å². The molecule has 1 saturated heterocycles. The molecular weight excluding hydrogens is 819 g/mol. The number of nitrogens with one attached hydrogen (secondary N) is 2. The molecule has 1 radical (unpaired) electrons. The van der Waals surface area contributed by atoms with Crippen molar-refractivity contribution >= 4 is 34.8 Å². The Morgan fingerprint density at radius 3 is 2.46 bits per heavy atom. The molecule has 2 amide bonds. The lowest BCUT2D eigenvalue weighted by Gasteiger charge is -2.34. The first-order valence-electron chi connectivity index (χ1n) is 21.8. The number of para-hydroxylation sites is 1. The largest absolute Gasteiger partial charge is 0.507 e. The molecule has 2 fully saturated rings. The number of nitrogens with zero attached hydrogens (tertiary/aromatic N) is 4. The van der Waals surface area contributed by atoms with Crippen LogP contribution >= 0.6 is 11.3 Å². The first-order chi connectivity index (χ1) is 30.8. The fourth-order valence-electron chi connectivity index (χ4n) is 8.14. The first kappa shape index (κ1) is 45.3. The lowest BCUT2D eigenvalue weighted by atomic mass is 9.83. The molecule has 0 spiro atoms. The molecule has 15 heteroatoms. The summed E-state index contributed by atoms with van der Waals surface area (Å²) in [5.74, 6) is 0.634. The maximum absolute atomic E-state index is 14.0. The fourth-order valence-corrected chi connectivity index (χ4v) is 9.09. The molecule has 0 unspecified atom stereocenters. The third-order valence-corrected chi connectivity index (χ3v) is 12.5. The number of ketones is 1. The lowest BCUT2D eigenvalue weighted by molar-refractivity contribution is -0.138. The molecule has 3 aromatic carbocycles. The number of nitrogen functional groups attached to an aromatic ring is 1. The van der Waals surface area contributed by atoms with Gasteiger partial charge in [-0.25, -0.2) is 4.98 Å². The van der Waals surface area contributed by atoms with Gasteiger partial charge in [-0.1, -0.05) is 74.7 Å². The van der Waals surface area contributed by atoms with E-state index >= 15 is 0 Å². The number of thiazole rings is 1. The summed E-state index contributed by atoms with van der Waals surface area (Å²) >= 11 is 1.40. The zero-order valence-corrected chi connectivity index (χ0v) is 36.5. The molecule has 1 aliphatic heterocycles. The van der Waals surface area contributed by atoms with Crippen LogP contribution in [-0.2, 0) is 25.6 Å². The van der Waals surface area contributed by atoms with Crippen LogP contribution in [0.2, 0.25) is 0 Å². The Labute approximate surface area is 372 Å². The van der Waals surface area contributed by atoms with E-state index in [0.29, 0.717) is 86.8 Å². The third kappa shape index (κ3) is 12.0. The average molecular weight is 875 g/mol. The Morgan fingerprint density at radius 1 is 0.889 bits per heavy atom. The van der Waals surface area contributed by atoms with E-state index in [-0.39, 0.29) is 35.3 Å². The summed E-state index contributed by atoms with van der Waals surface area (Å²) in [5.41, 5.74) is 10.8. The Hall–Kier alpha value is -5.74. The number of amides is 2. The van der Waals surface area contributed by atoms with Gasteiger partial charge in [0.1, 0.15) is 34.8 Å². The molecule has 5 N–H and O–H groups in total. The summed E-state index contributed by atoms with van der Waals surface area (Å²) in [4.78, 5) is 46.5. The van der Waals surface area contributed by atoms with Crippen molar-refractivity contribution in [2.75, 3.05) is 51.9 Å². The second-order valence-electron chi connectivity index (χ2n) is 15.8. The SMILES string of the molecule is C[CH]C(=O)N[C@H](C(=O)N1CCC[C@H]1c1nc(C(=O)c2cccc(OCCOCCOCCNCc3ccc(-c4cc(-c5ccccc5O)nnc4N)cc3)c2)cs1)C1CCCCC1. The summed E-state index contributed by atoms with van der Waals surface area (Å²) in [6.07, 6.45) is 8.21. The Morgan fingerprint density at radius 2 is 1.67 bits per heavy atom. The van der Waals surface area contributed by atoms with Crippen molar-refractivity contribution in [2.45, 2.75) is 70.5 Å². The number of phenolic OH excluding ortho intramolecular Hbond substituents is 1. The normalized spacial score (nSPS) is 15.9. The van der Waals surface area contributed by atoms with Crippen LogP contribution in [0.5, 0.6) is 11.5 Å². The predicted molar refractivity (Wildman–Crippen MR) is 242 cm³/mol. The number of likely N-dealkylation sites (tertiary alicyclic amines) is 1. The highest BCUT2D eigenvalue weighted by atomic mass is 32.1. The summed E-state index contributed by atoms with van der Waals surface area (Å²) in [6, 6.07) is 23.1.